The number of hydrogen-bond acceptors (Lipinski definition) is 4. The molecular formula is C13H21NO3. The number of para-hydroxylation sites is 1. The molecule has 4 nitrogen and oxygen atoms in total. The van der Waals surface area contributed by atoms with Gasteiger partial charge in [-0.2, -0.15) is 0 Å². The number of hydrogen-bond donors (Lipinski definition) is 3. The summed E-state index contributed by atoms with van der Waals surface area (Å²) >= 11 is 0. The van der Waals surface area contributed by atoms with E-state index in [4.69, 9.17) is 14.9 Å². The minimum Gasteiger partial charge on any atom is -0.492 e. The number of benzene rings is 1. The summed E-state index contributed by atoms with van der Waals surface area (Å²) < 4.78 is 5.66. The van der Waals surface area contributed by atoms with Gasteiger partial charge in [0.15, 0.2) is 0 Å². The molecule has 0 amide bonds. The number of aliphatic hydroxyl groups is 2. The molecule has 17 heavy (non-hydrogen) atoms. The van der Waals surface area contributed by atoms with Crippen LogP contribution >= 0.6 is 0 Å². The van der Waals surface area contributed by atoms with E-state index in [9.17, 15) is 0 Å². The lowest BCUT2D eigenvalue weighted by molar-refractivity contribution is 0.183. The Hall–Kier alpha value is -1.10. The van der Waals surface area contributed by atoms with Gasteiger partial charge >= 0.3 is 0 Å². The van der Waals surface area contributed by atoms with Crippen molar-refractivity contribution in [1.29, 1.82) is 0 Å². The average molecular weight is 239 g/mol. The molecule has 0 bridgehead atoms. The van der Waals surface area contributed by atoms with Crippen LogP contribution in [-0.2, 0) is 6.42 Å². The fourth-order valence-corrected chi connectivity index (χ4v) is 1.63. The first-order valence-electron chi connectivity index (χ1n) is 5.97. The average Bonchev–Trinajstić information content (AvgIpc) is 2.36. The van der Waals surface area contributed by atoms with E-state index in [1.54, 1.807) is 0 Å². The van der Waals surface area contributed by atoms with Gasteiger partial charge in [0.2, 0.25) is 0 Å². The van der Waals surface area contributed by atoms with Crippen LogP contribution in [0.2, 0.25) is 0 Å². The first-order valence-corrected chi connectivity index (χ1v) is 5.97. The zero-order valence-corrected chi connectivity index (χ0v) is 10.2. The van der Waals surface area contributed by atoms with Crippen LogP contribution in [0, 0.1) is 0 Å². The van der Waals surface area contributed by atoms with Gasteiger partial charge in [-0.3, -0.25) is 0 Å². The predicted molar refractivity (Wildman–Crippen MR) is 67.3 cm³/mol. The number of aliphatic hydroxyl groups excluding tert-OH is 2. The van der Waals surface area contributed by atoms with Crippen molar-refractivity contribution in [3.05, 3.63) is 29.8 Å². The summed E-state index contributed by atoms with van der Waals surface area (Å²) in [4.78, 5) is 0. The van der Waals surface area contributed by atoms with Crippen LogP contribution in [0.1, 0.15) is 12.5 Å². The topological polar surface area (TPSA) is 61.7 Å². The van der Waals surface area contributed by atoms with Gasteiger partial charge in [0, 0.05) is 6.61 Å². The molecule has 0 spiro atoms. The van der Waals surface area contributed by atoms with Crippen LogP contribution in [0.5, 0.6) is 5.75 Å². The van der Waals surface area contributed by atoms with Crippen molar-refractivity contribution in [2.45, 2.75) is 19.4 Å². The lowest BCUT2D eigenvalue weighted by atomic mass is 10.1. The van der Waals surface area contributed by atoms with E-state index in [-0.39, 0.29) is 19.3 Å². The van der Waals surface area contributed by atoms with Crippen molar-refractivity contribution < 1.29 is 14.9 Å². The van der Waals surface area contributed by atoms with Crippen molar-refractivity contribution in [3.8, 4) is 5.75 Å². The second-order valence-electron chi connectivity index (χ2n) is 3.83. The van der Waals surface area contributed by atoms with Gasteiger partial charge in [0.25, 0.3) is 0 Å². The SMILES string of the molecule is CCNC(CO)COc1ccccc1CCO. The van der Waals surface area contributed by atoms with Gasteiger partial charge in [-0.25, -0.2) is 0 Å². The molecule has 0 fully saturated rings. The number of ether oxygens (including phenoxy) is 1. The van der Waals surface area contributed by atoms with E-state index in [0.717, 1.165) is 17.9 Å². The van der Waals surface area contributed by atoms with Gasteiger partial charge in [-0.1, -0.05) is 25.1 Å². The normalized spacial score (nSPS) is 12.4. The lowest BCUT2D eigenvalue weighted by Crippen LogP contribution is -2.37. The summed E-state index contributed by atoms with van der Waals surface area (Å²) in [6.45, 7) is 3.37. The van der Waals surface area contributed by atoms with Crippen LogP contribution in [0.3, 0.4) is 0 Å². The van der Waals surface area contributed by atoms with Crippen molar-refractivity contribution in [2.75, 3.05) is 26.4 Å². The van der Waals surface area contributed by atoms with Crippen molar-refractivity contribution in [1.82, 2.24) is 5.32 Å². The van der Waals surface area contributed by atoms with Gasteiger partial charge in [0.05, 0.1) is 12.6 Å². The molecular weight excluding hydrogens is 218 g/mol. The highest BCUT2D eigenvalue weighted by molar-refractivity contribution is 5.33. The zero-order valence-electron chi connectivity index (χ0n) is 10.2. The molecule has 1 atom stereocenters. The first-order chi connectivity index (χ1) is 8.31. The van der Waals surface area contributed by atoms with Crippen molar-refractivity contribution in [3.63, 3.8) is 0 Å². The smallest absolute Gasteiger partial charge is 0.122 e. The highest BCUT2D eigenvalue weighted by Crippen LogP contribution is 2.18. The zero-order chi connectivity index (χ0) is 12.5. The molecule has 0 saturated carbocycles. The third kappa shape index (κ3) is 4.73. The maximum atomic E-state index is 9.13. The second-order valence-corrected chi connectivity index (χ2v) is 3.83. The molecule has 0 aliphatic rings. The Morgan fingerprint density at radius 3 is 2.71 bits per heavy atom. The molecule has 0 saturated heterocycles. The Morgan fingerprint density at radius 1 is 1.29 bits per heavy atom. The van der Waals surface area contributed by atoms with Gasteiger partial charge in [-0.15, -0.1) is 0 Å². The molecule has 96 valence electrons. The lowest BCUT2D eigenvalue weighted by Gasteiger charge is -2.17. The second kappa shape index (κ2) is 8.06. The molecule has 0 aromatic heterocycles. The van der Waals surface area contributed by atoms with Gasteiger partial charge in [-0.05, 0) is 24.6 Å². The molecule has 1 unspecified atom stereocenters. The summed E-state index contributed by atoms with van der Waals surface area (Å²) in [7, 11) is 0. The number of likely N-dealkylation sites (N-methyl/N-ethyl adjacent to an activating group) is 1. The largest absolute Gasteiger partial charge is 0.492 e. The fraction of sp³-hybridized carbons (Fsp3) is 0.538. The molecule has 0 aliphatic heterocycles. The molecule has 1 aromatic carbocycles. The monoisotopic (exact) mass is 239 g/mol. The fourth-order valence-electron chi connectivity index (χ4n) is 1.63. The van der Waals surface area contributed by atoms with Crippen molar-refractivity contribution >= 4 is 0 Å². The first kappa shape index (κ1) is 14.0. The quantitative estimate of drug-likeness (QED) is 0.620. The summed E-state index contributed by atoms with van der Waals surface area (Å²) in [5.74, 6) is 0.776. The molecule has 1 aromatic rings. The van der Waals surface area contributed by atoms with E-state index in [0.29, 0.717) is 13.0 Å². The minimum atomic E-state index is -0.0535. The van der Waals surface area contributed by atoms with Crippen LogP contribution in [0.15, 0.2) is 24.3 Å². The predicted octanol–water partition coefficient (Wildman–Crippen LogP) is 0.571. The molecule has 0 aliphatic carbocycles. The summed E-state index contributed by atoms with van der Waals surface area (Å²) in [6.07, 6.45) is 0.584. The summed E-state index contributed by atoms with van der Waals surface area (Å²) in [6, 6.07) is 7.59. The Labute approximate surface area is 102 Å². The Balaban J connectivity index is 2.55. The molecule has 3 N–H and O–H groups in total. The van der Waals surface area contributed by atoms with Gasteiger partial charge in [0.1, 0.15) is 12.4 Å². The molecule has 0 heterocycles. The van der Waals surface area contributed by atoms with E-state index < -0.39 is 0 Å². The van der Waals surface area contributed by atoms with Crippen LogP contribution in [0.4, 0.5) is 0 Å². The molecule has 1 rings (SSSR count). The third-order valence-corrected chi connectivity index (χ3v) is 2.51. The van der Waals surface area contributed by atoms with Gasteiger partial charge < -0.3 is 20.3 Å². The molecule has 0 radical (unpaired) electrons. The number of nitrogens with one attached hydrogen (secondary N) is 1. The maximum Gasteiger partial charge on any atom is 0.122 e. The standard InChI is InChI=1S/C13H21NO3/c1-2-14-12(9-16)10-17-13-6-4-3-5-11(13)7-8-15/h3-6,12,14-16H,2,7-10H2,1H3. The van der Waals surface area contributed by atoms with E-state index in [2.05, 4.69) is 5.32 Å². The minimum absolute atomic E-state index is 0.0516. The van der Waals surface area contributed by atoms with E-state index >= 15 is 0 Å². The number of rotatable bonds is 8. The maximum absolute atomic E-state index is 9.13. The Morgan fingerprint density at radius 2 is 2.06 bits per heavy atom. The van der Waals surface area contributed by atoms with Crippen LogP contribution in [0.25, 0.3) is 0 Å². The van der Waals surface area contributed by atoms with E-state index in [1.165, 1.54) is 0 Å². The van der Waals surface area contributed by atoms with Crippen LogP contribution in [-0.4, -0.2) is 42.6 Å². The Bertz CT molecular complexity index is 317. The summed E-state index contributed by atoms with van der Waals surface area (Å²) in [5, 5.41) is 21.2. The Kier molecular flexibility index (Phi) is 6.62. The molecule has 4 heteroatoms. The highest BCUT2D eigenvalue weighted by atomic mass is 16.5. The third-order valence-electron chi connectivity index (χ3n) is 2.51. The highest BCUT2D eigenvalue weighted by Gasteiger charge is 2.08. The summed E-state index contributed by atoms with van der Waals surface area (Å²) in [5.41, 5.74) is 0.989. The van der Waals surface area contributed by atoms with Crippen LogP contribution < -0.4 is 10.1 Å². The van der Waals surface area contributed by atoms with E-state index in [1.807, 2.05) is 31.2 Å². The van der Waals surface area contributed by atoms with Crippen molar-refractivity contribution in [2.24, 2.45) is 0 Å².